The van der Waals surface area contributed by atoms with Crippen LogP contribution < -0.4 is 10.9 Å². The third kappa shape index (κ3) is 3.14. The predicted octanol–water partition coefficient (Wildman–Crippen LogP) is 3.21. The van der Waals surface area contributed by atoms with Crippen LogP contribution in [0.5, 0.6) is 0 Å². The molecular formula is C17H13ClFN3O2. The maximum Gasteiger partial charge on any atom is 0.287 e. The molecule has 2 N–H and O–H groups in total. The van der Waals surface area contributed by atoms with Crippen LogP contribution in [0.2, 0.25) is 5.02 Å². The Morgan fingerprint density at radius 3 is 2.79 bits per heavy atom. The monoisotopic (exact) mass is 345 g/mol. The van der Waals surface area contributed by atoms with Crippen molar-refractivity contribution >= 4 is 28.4 Å². The van der Waals surface area contributed by atoms with Crippen LogP contribution in [0.3, 0.4) is 0 Å². The van der Waals surface area contributed by atoms with E-state index in [-0.39, 0.29) is 10.8 Å². The number of hydrogen-bond acceptors (Lipinski definition) is 3. The number of carbonyl (C=O) groups excluding carboxylic acids is 1. The third-order valence-corrected chi connectivity index (χ3v) is 3.93. The molecule has 0 unspecified atom stereocenters. The Labute approximate surface area is 141 Å². The number of H-pyrrole nitrogens is 1. The smallest absolute Gasteiger partial charge is 0.287 e. The van der Waals surface area contributed by atoms with E-state index in [4.69, 9.17) is 11.6 Å². The van der Waals surface area contributed by atoms with E-state index >= 15 is 0 Å². The molecule has 0 saturated carbocycles. The van der Waals surface area contributed by atoms with Gasteiger partial charge in [-0.3, -0.25) is 9.59 Å². The van der Waals surface area contributed by atoms with Crippen molar-refractivity contribution in [1.29, 1.82) is 0 Å². The maximum absolute atomic E-state index is 13.1. The van der Waals surface area contributed by atoms with Gasteiger partial charge in [0.1, 0.15) is 5.82 Å². The summed E-state index contributed by atoms with van der Waals surface area (Å²) in [7, 11) is 0. The van der Waals surface area contributed by atoms with Gasteiger partial charge in [0.2, 0.25) is 0 Å². The first-order valence-corrected chi connectivity index (χ1v) is 7.58. The highest BCUT2D eigenvalue weighted by atomic mass is 35.5. The molecule has 5 nitrogen and oxygen atoms in total. The number of carbonyl (C=O) groups is 1. The fourth-order valence-electron chi connectivity index (χ4n) is 2.39. The fraction of sp³-hybridized carbons (Fsp3) is 0.118. The molecule has 0 aliphatic carbocycles. The van der Waals surface area contributed by atoms with Gasteiger partial charge in [-0.05, 0) is 36.8 Å². The summed E-state index contributed by atoms with van der Waals surface area (Å²) in [6.45, 7) is 1.70. The molecule has 0 fully saturated rings. The van der Waals surface area contributed by atoms with E-state index in [2.05, 4.69) is 15.3 Å². The number of rotatable bonds is 3. The van der Waals surface area contributed by atoms with Crippen LogP contribution in [0.25, 0.3) is 10.9 Å². The normalized spacial score (nSPS) is 12.1. The van der Waals surface area contributed by atoms with Gasteiger partial charge in [-0.2, -0.15) is 0 Å². The molecule has 0 bridgehead atoms. The van der Waals surface area contributed by atoms with Crippen LogP contribution in [-0.4, -0.2) is 15.9 Å². The van der Waals surface area contributed by atoms with Gasteiger partial charge in [-0.25, -0.2) is 9.37 Å². The van der Waals surface area contributed by atoms with E-state index in [9.17, 15) is 14.0 Å². The molecule has 0 aliphatic rings. The van der Waals surface area contributed by atoms with Crippen LogP contribution in [0, 0.1) is 5.82 Å². The molecule has 0 saturated heterocycles. The standard InChI is InChI=1S/C17H13ClFN3O2/c1-9(11-7-6-10(19)8-13(11)18)20-17(24)15-21-14-5-3-2-4-12(14)16(23)22-15/h2-9H,1H3,(H,20,24)(H,21,22,23)/t9-/m1/s1. The number of nitrogens with one attached hydrogen (secondary N) is 2. The van der Waals surface area contributed by atoms with Crippen molar-refractivity contribution in [2.75, 3.05) is 0 Å². The van der Waals surface area contributed by atoms with Crippen molar-refractivity contribution in [1.82, 2.24) is 15.3 Å². The lowest BCUT2D eigenvalue weighted by Crippen LogP contribution is -2.30. The molecule has 0 spiro atoms. The van der Waals surface area contributed by atoms with Crippen LogP contribution in [0.1, 0.15) is 29.1 Å². The van der Waals surface area contributed by atoms with E-state index in [1.54, 1.807) is 31.2 Å². The third-order valence-electron chi connectivity index (χ3n) is 3.60. The Balaban J connectivity index is 1.88. The van der Waals surface area contributed by atoms with E-state index in [1.165, 1.54) is 18.2 Å². The average molecular weight is 346 g/mol. The minimum atomic E-state index is -0.550. The second kappa shape index (κ2) is 6.41. The summed E-state index contributed by atoms with van der Waals surface area (Å²) in [5.74, 6) is -1.10. The molecule has 1 atom stereocenters. The molecule has 2 aromatic carbocycles. The second-order valence-electron chi connectivity index (χ2n) is 5.29. The highest BCUT2D eigenvalue weighted by Crippen LogP contribution is 2.23. The van der Waals surface area contributed by atoms with Gasteiger partial charge in [0.05, 0.1) is 16.9 Å². The van der Waals surface area contributed by atoms with Crippen molar-refractivity contribution in [2.24, 2.45) is 0 Å². The Morgan fingerprint density at radius 2 is 2.04 bits per heavy atom. The topological polar surface area (TPSA) is 74.8 Å². The lowest BCUT2D eigenvalue weighted by Gasteiger charge is -2.15. The minimum Gasteiger partial charge on any atom is -0.343 e. The summed E-state index contributed by atoms with van der Waals surface area (Å²) in [5, 5.41) is 3.30. The number of hydrogen-bond donors (Lipinski definition) is 2. The fourth-order valence-corrected chi connectivity index (χ4v) is 2.72. The largest absolute Gasteiger partial charge is 0.343 e. The SMILES string of the molecule is C[C@@H](NC(=O)c1nc2ccccc2c(=O)[nH]1)c1ccc(F)cc1Cl. The number of amides is 1. The first kappa shape index (κ1) is 16.1. The van der Waals surface area contributed by atoms with Crippen LogP contribution in [0.4, 0.5) is 4.39 Å². The number of nitrogens with zero attached hydrogens (tertiary/aromatic N) is 1. The van der Waals surface area contributed by atoms with E-state index in [1.807, 2.05) is 0 Å². The Hall–Kier alpha value is -2.73. The zero-order chi connectivity index (χ0) is 17.3. The van der Waals surface area contributed by atoms with E-state index in [0.29, 0.717) is 16.5 Å². The molecule has 1 amide bonds. The predicted molar refractivity (Wildman–Crippen MR) is 89.7 cm³/mol. The number of aromatic amines is 1. The molecule has 0 radical (unpaired) electrons. The summed E-state index contributed by atoms with van der Waals surface area (Å²) in [6.07, 6.45) is 0. The van der Waals surface area contributed by atoms with Crippen molar-refractivity contribution in [3.8, 4) is 0 Å². The molecule has 0 aliphatic heterocycles. The molecule has 122 valence electrons. The lowest BCUT2D eigenvalue weighted by atomic mass is 10.1. The molecule has 24 heavy (non-hydrogen) atoms. The van der Waals surface area contributed by atoms with Gasteiger partial charge in [0.25, 0.3) is 11.5 Å². The average Bonchev–Trinajstić information content (AvgIpc) is 2.54. The summed E-state index contributed by atoms with van der Waals surface area (Å²) in [5.41, 5.74) is 0.603. The molecule has 7 heteroatoms. The van der Waals surface area contributed by atoms with Crippen molar-refractivity contribution in [2.45, 2.75) is 13.0 Å². The van der Waals surface area contributed by atoms with Crippen LogP contribution in [-0.2, 0) is 0 Å². The number of para-hydroxylation sites is 1. The Bertz CT molecular complexity index is 987. The molecular weight excluding hydrogens is 333 g/mol. The first-order chi connectivity index (χ1) is 11.5. The summed E-state index contributed by atoms with van der Waals surface area (Å²) in [6, 6.07) is 10.2. The van der Waals surface area contributed by atoms with Gasteiger partial charge in [0, 0.05) is 5.02 Å². The number of fused-ring (bicyclic) bond motifs is 1. The van der Waals surface area contributed by atoms with Gasteiger partial charge < -0.3 is 10.3 Å². The molecule has 3 aromatic rings. The number of halogens is 2. The van der Waals surface area contributed by atoms with Gasteiger partial charge in [-0.1, -0.05) is 29.8 Å². The zero-order valence-corrected chi connectivity index (χ0v) is 13.4. The van der Waals surface area contributed by atoms with Gasteiger partial charge in [-0.15, -0.1) is 0 Å². The quantitative estimate of drug-likeness (QED) is 0.765. The van der Waals surface area contributed by atoms with Crippen molar-refractivity contribution in [3.63, 3.8) is 0 Å². The van der Waals surface area contributed by atoms with Crippen molar-refractivity contribution < 1.29 is 9.18 Å². The number of benzene rings is 2. The second-order valence-corrected chi connectivity index (χ2v) is 5.70. The lowest BCUT2D eigenvalue weighted by molar-refractivity contribution is 0.0929. The molecule has 1 heterocycles. The Kier molecular flexibility index (Phi) is 4.31. The summed E-state index contributed by atoms with van der Waals surface area (Å²) < 4.78 is 13.1. The number of aromatic nitrogens is 2. The molecule has 1 aromatic heterocycles. The zero-order valence-electron chi connectivity index (χ0n) is 12.6. The highest BCUT2D eigenvalue weighted by molar-refractivity contribution is 6.31. The van der Waals surface area contributed by atoms with Crippen molar-refractivity contribution in [3.05, 3.63) is 75.0 Å². The first-order valence-electron chi connectivity index (χ1n) is 7.20. The van der Waals surface area contributed by atoms with Gasteiger partial charge in [0.15, 0.2) is 5.82 Å². The van der Waals surface area contributed by atoms with E-state index < -0.39 is 23.3 Å². The summed E-state index contributed by atoms with van der Waals surface area (Å²) in [4.78, 5) is 31.0. The van der Waals surface area contributed by atoms with Gasteiger partial charge >= 0.3 is 0 Å². The Morgan fingerprint density at radius 1 is 1.29 bits per heavy atom. The van der Waals surface area contributed by atoms with Crippen LogP contribution >= 0.6 is 11.6 Å². The van der Waals surface area contributed by atoms with Crippen LogP contribution in [0.15, 0.2) is 47.3 Å². The maximum atomic E-state index is 13.1. The minimum absolute atomic E-state index is 0.0937. The molecule has 3 rings (SSSR count). The van der Waals surface area contributed by atoms with E-state index in [0.717, 1.165) is 0 Å². The summed E-state index contributed by atoms with van der Waals surface area (Å²) >= 11 is 5.99. The highest BCUT2D eigenvalue weighted by Gasteiger charge is 2.17.